The largest absolute Gasteiger partial charge is 0.466 e. The molecule has 0 aliphatic rings. The Morgan fingerprint density at radius 2 is 1.58 bits per heavy atom. The molecule has 136 valence electrons. The lowest BCUT2D eigenvalue weighted by atomic mass is 9.99. The highest BCUT2D eigenvalue weighted by Gasteiger charge is 2.15. The van der Waals surface area contributed by atoms with Crippen LogP contribution in [-0.2, 0) is 9.53 Å². The van der Waals surface area contributed by atoms with Gasteiger partial charge in [-0.2, -0.15) is 0 Å². The highest BCUT2D eigenvalue weighted by Crippen LogP contribution is 2.18. The average molecular weight is 357 g/mol. The van der Waals surface area contributed by atoms with Crippen molar-refractivity contribution in [2.24, 2.45) is 10.9 Å². The molecule has 0 aliphatic carbocycles. The quantitative estimate of drug-likeness (QED) is 0.432. The van der Waals surface area contributed by atoms with Gasteiger partial charge in [-0.25, -0.2) is 13.6 Å². The van der Waals surface area contributed by atoms with Crippen LogP contribution in [0.3, 0.4) is 0 Å². The lowest BCUT2D eigenvalue weighted by Crippen LogP contribution is -2.16. The molecule has 0 aromatic heterocycles. The van der Waals surface area contributed by atoms with E-state index in [9.17, 15) is 13.6 Å². The summed E-state index contributed by atoms with van der Waals surface area (Å²) in [5.74, 6) is -1.23. The molecule has 0 amide bonds. The minimum Gasteiger partial charge on any atom is -0.466 e. The standard InChI is InChI=1S/C21H21F2NO2/c1-14(2)19(10-11-20(25)26-3)24-21(15-6-4-8-17(22)12-15)16-7-5-9-18(23)13-16/h4-14,19H,1-3H3/b11-10+/t19-/m1/s1. The maximum Gasteiger partial charge on any atom is 0.330 e. The lowest BCUT2D eigenvalue weighted by molar-refractivity contribution is -0.134. The van der Waals surface area contributed by atoms with E-state index in [1.165, 1.54) is 37.5 Å². The number of halogens is 2. The van der Waals surface area contributed by atoms with Crippen molar-refractivity contribution >= 4 is 11.7 Å². The highest BCUT2D eigenvalue weighted by molar-refractivity contribution is 6.13. The van der Waals surface area contributed by atoms with Crippen LogP contribution in [0.1, 0.15) is 25.0 Å². The molecule has 1 atom stereocenters. The van der Waals surface area contributed by atoms with Crippen LogP contribution < -0.4 is 0 Å². The second kappa shape index (κ2) is 9.04. The molecule has 0 bridgehead atoms. The van der Waals surface area contributed by atoms with E-state index in [1.807, 2.05) is 13.8 Å². The van der Waals surface area contributed by atoms with Gasteiger partial charge in [0.25, 0.3) is 0 Å². The van der Waals surface area contributed by atoms with Gasteiger partial charge in [-0.15, -0.1) is 0 Å². The smallest absolute Gasteiger partial charge is 0.330 e. The van der Waals surface area contributed by atoms with Crippen molar-refractivity contribution in [2.75, 3.05) is 7.11 Å². The molecule has 0 unspecified atom stereocenters. The maximum absolute atomic E-state index is 13.7. The van der Waals surface area contributed by atoms with Gasteiger partial charge in [-0.05, 0) is 30.2 Å². The van der Waals surface area contributed by atoms with Gasteiger partial charge in [0.05, 0.1) is 18.9 Å². The normalized spacial score (nSPS) is 12.2. The minimum atomic E-state index is -0.482. The lowest BCUT2D eigenvalue weighted by Gasteiger charge is -2.16. The monoisotopic (exact) mass is 357 g/mol. The summed E-state index contributed by atoms with van der Waals surface area (Å²) >= 11 is 0. The Morgan fingerprint density at radius 3 is 2.00 bits per heavy atom. The number of aliphatic imine (C=N–C) groups is 1. The molecule has 3 nitrogen and oxygen atoms in total. The van der Waals surface area contributed by atoms with E-state index in [0.29, 0.717) is 16.8 Å². The number of methoxy groups -OCH3 is 1. The summed E-state index contributed by atoms with van der Waals surface area (Å²) < 4.78 is 32.0. The van der Waals surface area contributed by atoms with Crippen molar-refractivity contribution in [1.82, 2.24) is 0 Å². The Hall–Kier alpha value is -2.82. The first-order valence-corrected chi connectivity index (χ1v) is 8.26. The SMILES string of the molecule is COC(=O)/C=C/[C@@H](N=C(c1cccc(F)c1)c1cccc(F)c1)C(C)C. The molecule has 0 spiro atoms. The summed E-state index contributed by atoms with van der Waals surface area (Å²) in [5.41, 5.74) is 1.53. The number of ether oxygens (including phenoxy) is 1. The molecule has 0 aliphatic heterocycles. The van der Waals surface area contributed by atoms with Crippen LogP contribution in [0.25, 0.3) is 0 Å². The van der Waals surface area contributed by atoms with E-state index in [0.717, 1.165) is 0 Å². The third-order valence-corrected chi connectivity index (χ3v) is 3.79. The van der Waals surface area contributed by atoms with Crippen molar-refractivity contribution in [3.63, 3.8) is 0 Å². The van der Waals surface area contributed by atoms with Crippen LogP contribution >= 0.6 is 0 Å². The van der Waals surface area contributed by atoms with Gasteiger partial charge in [0.2, 0.25) is 0 Å². The van der Waals surface area contributed by atoms with Crippen molar-refractivity contribution in [2.45, 2.75) is 19.9 Å². The molecule has 0 N–H and O–H groups in total. The Balaban J connectivity index is 2.55. The molecular formula is C21H21F2NO2. The van der Waals surface area contributed by atoms with Crippen molar-refractivity contribution in [1.29, 1.82) is 0 Å². The van der Waals surface area contributed by atoms with Gasteiger partial charge in [0.1, 0.15) is 11.6 Å². The summed E-state index contributed by atoms with van der Waals surface area (Å²) in [6, 6.07) is 11.6. The number of hydrogen-bond acceptors (Lipinski definition) is 3. The van der Waals surface area contributed by atoms with Crippen molar-refractivity contribution in [3.05, 3.63) is 83.4 Å². The average Bonchev–Trinajstić information content (AvgIpc) is 2.61. The first-order chi connectivity index (χ1) is 12.4. The predicted molar refractivity (Wildman–Crippen MR) is 98.2 cm³/mol. The molecule has 26 heavy (non-hydrogen) atoms. The fourth-order valence-corrected chi connectivity index (χ4v) is 2.40. The van der Waals surface area contributed by atoms with Gasteiger partial charge in [-0.1, -0.05) is 44.2 Å². The van der Waals surface area contributed by atoms with Gasteiger partial charge < -0.3 is 4.74 Å². The zero-order valence-electron chi connectivity index (χ0n) is 14.9. The zero-order valence-corrected chi connectivity index (χ0v) is 14.9. The Morgan fingerprint density at radius 1 is 1.04 bits per heavy atom. The second-order valence-electron chi connectivity index (χ2n) is 6.12. The number of carbonyl (C=O) groups is 1. The Bertz CT molecular complexity index is 781. The Kier molecular flexibility index (Phi) is 6.78. The number of rotatable bonds is 6. The summed E-state index contributed by atoms with van der Waals surface area (Å²) in [4.78, 5) is 16.1. The van der Waals surface area contributed by atoms with Crippen LogP contribution in [0, 0.1) is 17.6 Å². The van der Waals surface area contributed by atoms with E-state index < -0.39 is 17.6 Å². The topological polar surface area (TPSA) is 38.7 Å². The molecule has 5 heteroatoms. The van der Waals surface area contributed by atoms with Crippen LogP contribution in [0.5, 0.6) is 0 Å². The molecule has 2 aromatic rings. The highest BCUT2D eigenvalue weighted by atomic mass is 19.1. The fourth-order valence-electron chi connectivity index (χ4n) is 2.40. The summed E-state index contributed by atoms with van der Waals surface area (Å²) in [7, 11) is 1.30. The number of carbonyl (C=O) groups excluding carboxylic acids is 1. The molecule has 2 rings (SSSR count). The molecule has 0 fully saturated rings. The van der Waals surface area contributed by atoms with Crippen molar-refractivity contribution in [3.8, 4) is 0 Å². The molecule has 0 saturated carbocycles. The summed E-state index contributed by atoms with van der Waals surface area (Å²) in [6.45, 7) is 3.90. The van der Waals surface area contributed by atoms with Gasteiger partial charge in [-0.3, -0.25) is 4.99 Å². The number of nitrogens with zero attached hydrogens (tertiary/aromatic N) is 1. The first-order valence-electron chi connectivity index (χ1n) is 8.26. The van der Waals surface area contributed by atoms with Gasteiger partial charge in [0.15, 0.2) is 0 Å². The summed E-state index contributed by atoms with van der Waals surface area (Å²) in [6.07, 6.45) is 2.94. The maximum atomic E-state index is 13.7. The van der Waals surface area contributed by atoms with E-state index in [2.05, 4.69) is 4.74 Å². The molecular weight excluding hydrogens is 336 g/mol. The predicted octanol–water partition coefficient (Wildman–Crippen LogP) is 4.56. The number of hydrogen-bond donors (Lipinski definition) is 0. The summed E-state index contributed by atoms with van der Waals surface area (Å²) in [5, 5.41) is 0. The van der Waals surface area contributed by atoms with Crippen LogP contribution in [0.2, 0.25) is 0 Å². The van der Waals surface area contributed by atoms with E-state index in [-0.39, 0.29) is 12.0 Å². The third-order valence-electron chi connectivity index (χ3n) is 3.79. The molecule has 0 saturated heterocycles. The van der Waals surface area contributed by atoms with Crippen LogP contribution in [-0.4, -0.2) is 24.8 Å². The number of esters is 1. The molecule has 2 aromatic carbocycles. The van der Waals surface area contributed by atoms with Crippen LogP contribution in [0.15, 0.2) is 65.7 Å². The minimum absolute atomic E-state index is 0.0630. The van der Waals surface area contributed by atoms with E-state index >= 15 is 0 Å². The van der Waals surface area contributed by atoms with Gasteiger partial charge >= 0.3 is 5.97 Å². The van der Waals surface area contributed by atoms with Crippen molar-refractivity contribution < 1.29 is 18.3 Å². The van der Waals surface area contributed by atoms with Crippen LogP contribution in [0.4, 0.5) is 8.78 Å². The Labute approximate surface area is 152 Å². The zero-order chi connectivity index (χ0) is 19.1. The molecule has 0 heterocycles. The first kappa shape index (κ1) is 19.5. The number of benzene rings is 2. The fraction of sp³-hybridized carbons (Fsp3) is 0.238. The third kappa shape index (κ3) is 5.34. The van der Waals surface area contributed by atoms with Gasteiger partial charge in [0, 0.05) is 17.2 Å². The molecule has 0 radical (unpaired) electrons. The van der Waals surface area contributed by atoms with E-state index in [4.69, 9.17) is 4.99 Å². The van der Waals surface area contributed by atoms with E-state index in [1.54, 1.807) is 30.3 Å². The second-order valence-corrected chi connectivity index (χ2v) is 6.12.